The molecule has 4 aliphatic carbocycles. The molecule has 51 heavy (non-hydrogen) atoms. The molecule has 4 aliphatic rings. The van der Waals surface area contributed by atoms with E-state index in [9.17, 15) is 5.11 Å². The van der Waals surface area contributed by atoms with Crippen molar-refractivity contribution in [2.75, 3.05) is 13.1 Å². The standard InChI is InChI=1S/C49H91NO/c1-9-12-13-14-15-16-17-18-19-20-21-22-23-24-25-26-30-41-37-42-38-49(51,50(10-2)11-3)36-35-47(42,7)45-33-34-48(8)43(31-32-44(48)46(41)45)40(6)29-27-28-39(4)5/h37,39-41,43-46,51H,9-36,38H2,1-8H3/t40-,41?,43-,44+,45+,46+,47+,48-,49?/m1/s1. The fourth-order valence-corrected chi connectivity index (χ4v) is 13.1. The molecule has 3 fully saturated rings. The van der Waals surface area contributed by atoms with Crippen LogP contribution in [0, 0.1) is 52.3 Å². The van der Waals surface area contributed by atoms with E-state index in [0.29, 0.717) is 5.41 Å². The highest BCUT2D eigenvalue weighted by atomic mass is 16.3. The Morgan fingerprint density at radius 3 is 1.78 bits per heavy atom. The van der Waals surface area contributed by atoms with Gasteiger partial charge in [0.05, 0.1) is 0 Å². The first-order valence-corrected chi connectivity index (χ1v) is 23.7. The van der Waals surface area contributed by atoms with E-state index in [1.54, 1.807) is 5.57 Å². The van der Waals surface area contributed by atoms with Crippen molar-refractivity contribution in [3.8, 4) is 0 Å². The van der Waals surface area contributed by atoms with Crippen LogP contribution in [-0.2, 0) is 0 Å². The van der Waals surface area contributed by atoms with Gasteiger partial charge in [0.2, 0.25) is 0 Å². The Balaban J connectivity index is 1.33. The van der Waals surface area contributed by atoms with E-state index in [-0.39, 0.29) is 5.41 Å². The number of allylic oxidation sites excluding steroid dienone is 1. The van der Waals surface area contributed by atoms with Crippen LogP contribution in [0.15, 0.2) is 11.6 Å². The number of fused-ring (bicyclic) bond motifs is 5. The zero-order valence-corrected chi connectivity index (χ0v) is 36.0. The molecule has 0 aromatic heterocycles. The number of hydrogen-bond donors (Lipinski definition) is 1. The molecule has 2 heteroatoms. The van der Waals surface area contributed by atoms with E-state index in [1.165, 1.54) is 161 Å². The van der Waals surface area contributed by atoms with E-state index < -0.39 is 5.72 Å². The van der Waals surface area contributed by atoms with Crippen LogP contribution >= 0.6 is 0 Å². The predicted octanol–water partition coefficient (Wildman–Crippen LogP) is 14.9. The lowest BCUT2D eigenvalue weighted by Gasteiger charge is -2.62. The van der Waals surface area contributed by atoms with Crippen molar-refractivity contribution in [3.63, 3.8) is 0 Å². The average molecular weight is 710 g/mol. The molecule has 0 radical (unpaired) electrons. The Morgan fingerprint density at radius 1 is 0.667 bits per heavy atom. The number of aliphatic hydroxyl groups is 1. The molecule has 2 nitrogen and oxygen atoms in total. The quantitative estimate of drug-likeness (QED) is 0.0579. The van der Waals surface area contributed by atoms with E-state index >= 15 is 0 Å². The van der Waals surface area contributed by atoms with Gasteiger partial charge in [-0.15, -0.1) is 0 Å². The normalized spacial score (nSPS) is 34.0. The van der Waals surface area contributed by atoms with Gasteiger partial charge in [0, 0.05) is 6.42 Å². The molecule has 1 N–H and O–H groups in total. The number of unbranched alkanes of at least 4 members (excludes halogenated alkanes) is 15. The second-order valence-corrected chi connectivity index (χ2v) is 20.0. The summed E-state index contributed by atoms with van der Waals surface area (Å²) in [4.78, 5) is 2.37. The van der Waals surface area contributed by atoms with Gasteiger partial charge in [-0.2, -0.15) is 0 Å². The van der Waals surface area contributed by atoms with Gasteiger partial charge in [-0.1, -0.05) is 189 Å². The summed E-state index contributed by atoms with van der Waals surface area (Å²) in [6.07, 6.45) is 40.5. The molecule has 0 spiro atoms. The number of rotatable bonds is 25. The van der Waals surface area contributed by atoms with Crippen molar-refractivity contribution in [1.29, 1.82) is 0 Å². The van der Waals surface area contributed by atoms with Crippen LogP contribution in [0.25, 0.3) is 0 Å². The first-order chi connectivity index (χ1) is 24.5. The third-order valence-corrected chi connectivity index (χ3v) is 16.3. The minimum absolute atomic E-state index is 0.289. The van der Waals surface area contributed by atoms with Crippen LogP contribution in [0.3, 0.4) is 0 Å². The van der Waals surface area contributed by atoms with E-state index in [4.69, 9.17) is 0 Å². The van der Waals surface area contributed by atoms with Crippen LogP contribution < -0.4 is 0 Å². The molecule has 2 unspecified atom stereocenters. The fourth-order valence-electron chi connectivity index (χ4n) is 13.1. The maximum absolute atomic E-state index is 12.1. The van der Waals surface area contributed by atoms with Crippen molar-refractivity contribution in [3.05, 3.63) is 11.6 Å². The molecule has 0 bridgehead atoms. The number of hydrogen-bond acceptors (Lipinski definition) is 2. The van der Waals surface area contributed by atoms with Crippen molar-refractivity contribution in [2.24, 2.45) is 52.3 Å². The van der Waals surface area contributed by atoms with Crippen molar-refractivity contribution in [2.45, 2.75) is 234 Å². The Kier molecular flexibility index (Phi) is 17.9. The van der Waals surface area contributed by atoms with Crippen LogP contribution in [0.2, 0.25) is 0 Å². The highest BCUT2D eigenvalue weighted by molar-refractivity contribution is 5.28. The van der Waals surface area contributed by atoms with E-state index in [0.717, 1.165) is 67.4 Å². The minimum atomic E-state index is -0.645. The van der Waals surface area contributed by atoms with Gasteiger partial charge in [0.15, 0.2) is 0 Å². The van der Waals surface area contributed by atoms with Crippen molar-refractivity contribution >= 4 is 0 Å². The summed E-state index contributed by atoms with van der Waals surface area (Å²) in [5, 5.41) is 12.1. The lowest BCUT2D eigenvalue weighted by atomic mass is 9.44. The smallest absolute Gasteiger partial charge is 0.122 e. The Labute approximate surface area is 320 Å². The molecular formula is C49H91NO. The average Bonchev–Trinajstić information content (AvgIpc) is 3.46. The lowest BCUT2D eigenvalue weighted by molar-refractivity contribution is -0.147. The molecule has 0 aromatic rings. The third-order valence-electron chi connectivity index (χ3n) is 16.3. The zero-order valence-electron chi connectivity index (χ0n) is 36.0. The SMILES string of the molecule is CCCCCCCCCCCCCCCCCCC1C=C2CC(O)(N(CC)CC)CC[C@]2(C)[C@H]2CC[C@]3(C)[C@@H]([C@H](C)CCCC(C)C)CC[C@H]3[C@H]12. The Morgan fingerprint density at radius 2 is 1.24 bits per heavy atom. The molecule has 0 aliphatic heterocycles. The van der Waals surface area contributed by atoms with Gasteiger partial charge in [-0.3, -0.25) is 4.90 Å². The maximum atomic E-state index is 12.1. The molecular weight excluding hydrogens is 619 g/mol. The van der Waals surface area contributed by atoms with Gasteiger partial charge in [-0.05, 0) is 110 Å². The highest BCUT2D eigenvalue weighted by Crippen LogP contribution is 2.69. The van der Waals surface area contributed by atoms with Gasteiger partial charge >= 0.3 is 0 Å². The summed E-state index contributed by atoms with van der Waals surface area (Å²) in [6.45, 7) is 21.6. The Hall–Kier alpha value is -0.340. The number of nitrogens with zero attached hydrogens (tertiary/aromatic N) is 1. The summed E-state index contributed by atoms with van der Waals surface area (Å²) >= 11 is 0. The summed E-state index contributed by atoms with van der Waals surface area (Å²) in [5.74, 6) is 5.94. The lowest BCUT2D eigenvalue weighted by Crippen LogP contribution is -2.58. The maximum Gasteiger partial charge on any atom is 0.122 e. The predicted molar refractivity (Wildman–Crippen MR) is 224 cm³/mol. The van der Waals surface area contributed by atoms with E-state index in [1.807, 2.05) is 0 Å². The summed E-state index contributed by atoms with van der Waals surface area (Å²) < 4.78 is 0. The van der Waals surface area contributed by atoms with Crippen LogP contribution in [0.5, 0.6) is 0 Å². The van der Waals surface area contributed by atoms with Gasteiger partial charge < -0.3 is 5.11 Å². The molecule has 0 heterocycles. The third kappa shape index (κ3) is 11.1. The first kappa shape index (κ1) is 43.4. The molecule has 0 saturated heterocycles. The largest absolute Gasteiger partial charge is 0.375 e. The highest BCUT2D eigenvalue weighted by Gasteiger charge is 2.62. The molecule has 0 amide bonds. The first-order valence-electron chi connectivity index (χ1n) is 23.7. The van der Waals surface area contributed by atoms with Gasteiger partial charge in [0.1, 0.15) is 5.72 Å². The molecule has 0 aromatic carbocycles. The van der Waals surface area contributed by atoms with Crippen molar-refractivity contribution in [1.82, 2.24) is 4.90 Å². The summed E-state index contributed by atoms with van der Waals surface area (Å²) in [5.41, 5.74) is 1.83. The second kappa shape index (κ2) is 21.1. The molecule has 298 valence electrons. The van der Waals surface area contributed by atoms with Crippen LogP contribution in [0.4, 0.5) is 0 Å². The Bertz CT molecular complexity index is 998. The summed E-state index contributed by atoms with van der Waals surface area (Å²) in [6, 6.07) is 0. The topological polar surface area (TPSA) is 23.5 Å². The van der Waals surface area contributed by atoms with Gasteiger partial charge in [0.25, 0.3) is 0 Å². The fraction of sp³-hybridized carbons (Fsp3) is 0.959. The monoisotopic (exact) mass is 710 g/mol. The zero-order chi connectivity index (χ0) is 36.9. The molecule has 3 saturated carbocycles. The van der Waals surface area contributed by atoms with E-state index in [2.05, 4.69) is 66.4 Å². The molecule has 4 rings (SSSR count). The minimum Gasteiger partial charge on any atom is -0.375 e. The second-order valence-electron chi connectivity index (χ2n) is 20.0. The van der Waals surface area contributed by atoms with Gasteiger partial charge in [-0.25, -0.2) is 0 Å². The van der Waals surface area contributed by atoms with Crippen LogP contribution in [0.1, 0.15) is 229 Å². The summed E-state index contributed by atoms with van der Waals surface area (Å²) in [7, 11) is 0. The van der Waals surface area contributed by atoms with Crippen molar-refractivity contribution < 1.29 is 5.11 Å². The van der Waals surface area contributed by atoms with Crippen LogP contribution in [-0.4, -0.2) is 28.8 Å². The molecule has 9 atom stereocenters.